The molecule has 11 heteroatoms. The van der Waals surface area contributed by atoms with Gasteiger partial charge in [-0.05, 0) is 31.0 Å². The predicted octanol–water partition coefficient (Wildman–Crippen LogP) is 3.43. The van der Waals surface area contributed by atoms with Gasteiger partial charge in [0.1, 0.15) is 5.69 Å². The lowest BCUT2D eigenvalue weighted by atomic mass is 10.2. The summed E-state index contributed by atoms with van der Waals surface area (Å²) in [7, 11) is 2.93. The Bertz CT molecular complexity index is 1110. The summed E-state index contributed by atoms with van der Waals surface area (Å²) >= 11 is 7.75. The number of fused-ring (bicyclic) bond motifs is 1. The quantitative estimate of drug-likeness (QED) is 0.473. The number of morpholine rings is 1. The van der Waals surface area contributed by atoms with E-state index in [0.29, 0.717) is 16.7 Å². The van der Waals surface area contributed by atoms with E-state index in [0.717, 1.165) is 55.0 Å². The van der Waals surface area contributed by atoms with Crippen LogP contribution in [0.3, 0.4) is 0 Å². The van der Waals surface area contributed by atoms with Gasteiger partial charge in [-0.15, -0.1) is 0 Å². The maximum absolute atomic E-state index is 13.6. The SMILES string of the molecule is COc1cc(C(=O)N(CCCN2CCOCC2)c2nc3c(C)c(Cl)ccc3s2)nc(OC)n1. The van der Waals surface area contributed by atoms with Gasteiger partial charge in [0.15, 0.2) is 5.13 Å². The van der Waals surface area contributed by atoms with Crippen molar-refractivity contribution in [3.63, 3.8) is 0 Å². The molecule has 0 atom stereocenters. The predicted molar refractivity (Wildman–Crippen MR) is 128 cm³/mol. The summed E-state index contributed by atoms with van der Waals surface area (Å²) in [6.45, 7) is 6.54. The summed E-state index contributed by atoms with van der Waals surface area (Å²) in [5.41, 5.74) is 1.87. The Hall–Kier alpha value is -2.53. The highest BCUT2D eigenvalue weighted by Crippen LogP contribution is 2.34. The largest absolute Gasteiger partial charge is 0.481 e. The zero-order chi connectivity index (χ0) is 23.4. The van der Waals surface area contributed by atoms with E-state index in [4.69, 9.17) is 30.8 Å². The van der Waals surface area contributed by atoms with E-state index in [1.165, 1.54) is 31.6 Å². The third kappa shape index (κ3) is 5.35. The number of rotatable bonds is 8. The minimum absolute atomic E-state index is 0.0675. The first-order valence-corrected chi connectivity index (χ1v) is 11.8. The number of amides is 1. The number of anilines is 1. The monoisotopic (exact) mass is 491 g/mol. The lowest BCUT2D eigenvalue weighted by Gasteiger charge is -2.27. The lowest BCUT2D eigenvalue weighted by Crippen LogP contribution is -2.39. The van der Waals surface area contributed by atoms with Crippen molar-refractivity contribution >= 4 is 44.2 Å². The molecule has 0 radical (unpaired) electrons. The highest BCUT2D eigenvalue weighted by molar-refractivity contribution is 7.22. The van der Waals surface area contributed by atoms with Crippen LogP contribution in [-0.2, 0) is 4.74 Å². The third-order valence-electron chi connectivity index (χ3n) is 5.47. The first kappa shape index (κ1) is 23.6. The Balaban J connectivity index is 1.65. The molecule has 0 aliphatic carbocycles. The molecule has 1 aliphatic heterocycles. The first-order chi connectivity index (χ1) is 16.0. The fourth-order valence-corrected chi connectivity index (χ4v) is 4.82. The van der Waals surface area contributed by atoms with E-state index < -0.39 is 0 Å². The summed E-state index contributed by atoms with van der Waals surface area (Å²) < 4.78 is 16.8. The van der Waals surface area contributed by atoms with Crippen LogP contribution in [0.15, 0.2) is 18.2 Å². The van der Waals surface area contributed by atoms with Gasteiger partial charge in [0.05, 0.1) is 37.6 Å². The summed E-state index contributed by atoms with van der Waals surface area (Å²) in [5.74, 6) is -0.0378. The van der Waals surface area contributed by atoms with Gasteiger partial charge in [0.25, 0.3) is 5.91 Å². The number of ether oxygens (including phenoxy) is 3. The second kappa shape index (κ2) is 10.6. The minimum Gasteiger partial charge on any atom is -0.481 e. The number of thiazole rings is 1. The van der Waals surface area contributed by atoms with Crippen LogP contribution < -0.4 is 14.4 Å². The van der Waals surface area contributed by atoms with Crippen LogP contribution >= 0.6 is 22.9 Å². The molecule has 0 unspecified atom stereocenters. The second-order valence-electron chi connectivity index (χ2n) is 7.56. The van der Waals surface area contributed by atoms with E-state index in [9.17, 15) is 4.79 Å². The number of aryl methyl sites for hydroxylation is 1. The van der Waals surface area contributed by atoms with Gasteiger partial charge in [0, 0.05) is 37.3 Å². The Kier molecular flexibility index (Phi) is 7.59. The van der Waals surface area contributed by atoms with Gasteiger partial charge in [-0.3, -0.25) is 14.6 Å². The molecule has 3 heterocycles. The van der Waals surface area contributed by atoms with Gasteiger partial charge in [-0.25, -0.2) is 4.98 Å². The molecule has 0 spiro atoms. The Morgan fingerprint density at radius 2 is 2.00 bits per heavy atom. The van der Waals surface area contributed by atoms with Crippen molar-refractivity contribution < 1.29 is 19.0 Å². The van der Waals surface area contributed by atoms with Gasteiger partial charge < -0.3 is 14.2 Å². The molecular weight excluding hydrogens is 466 g/mol. The number of nitrogens with zero attached hydrogens (tertiary/aromatic N) is 5. The molecule has 0 bridgehead atoms. The first-order valence-electron chi connectivity index (χ1n) is 10.6. The number of aromatic nitrogens is 3. The van der Waals surface area contributed by atoms with Crippen molar-refractivity contribution in [3.05, 3.63) is 34.5 Å². The summed E-state index contributed by atoms with van der Waals surface area (Å²) in [6.07, 6.45) is 0.779. The zero-order valence-corrected chi connectivity index (χ0v) is 20.4. The molecular formula is C22H26ClN5O4S. The van der Waals surface area contributed by atoms with E-state index in [2.05, 4.69) is 14.9 Å². The molecule has 0 saturated carbocycles. The van der Waals surface area contributed by atoms with Crippen LogP contribution in [0.25, 0.3) is 10.2 Å². The summed E-state index contributed by atoms with van der Waals surface area (Å²) in [4.78, 5) is 30.7. The van der Waals surface area contributed by atoms with Gasteiger partial charge >= 0.3 is 6.01 Å². The molecule has 4 rings (SSSR count). The Morgan fingerprint density at radius 1 is 1.21 bits per heavy atom. The summed E-state index contributed by atoms with van der Waals surface area (Å²) in [6, 6.07) is 5.36. The molecule has 176 valence electrons. The molecule has 33 heavy (non-hydrogen) atoms. The molecule has 1 amide bonds. The van der Waals surface area contributed by atoms with Crippen molar-refractivity contribution in [2.45, 2.75) is 13.3 Å². The van der Waals surface area contributed by atoms with Crippen LogP contribution in [0.5, 0.6) is 11.9 Å². The smallest absolute Gasteiger partial charge is 0.320 e. The Labute approximate surface area is 201 Å². The van der Waals surface area contributed by atoms with E-state index in [-0.39, 0.29) is 23.5 Å². The van der Waals surface area contributed by atoms with Crippen molar-refractivity contribution in [1.29, 1.82) is 0 Å². The molecule has 0 N–H and O–H groups in total. The normalized spacial score (nSPS) is 14.4. The Morgan fingerprint density at radius 3 is 2.73 bits per heavy atom. The topological polar surface area (TPSA) is 89.9 Å². The van der Waals surface area contributed by atoms with Crippen LogP contribution in [0, 0.1) is 6.92 Å². The number of carbonyl (C=O) groups is 1. The molecule has 9 nitrogen and oxygen atoms in total. The second-order valence-corrected chi connectivity index (χ2v) is 8.98. The average Bonchev–Trinajstić information content (AvgIpc) is 3.28. The highest BCUT2D eigenvalue weighted by Gasteiger charge is 2.25. The fraction of sp³-hybridized carbons (Fsp3) is 0.455. The van der Waals surface area contributed by atoms with Crippen LogP contribution in [0.4, 0.5) is 5.13 Å². The van der Waals surface area contributed by atoms with Gasteiger partial charge in [-0.1, -0.05) is 22.9 Å². The number of benzene rings is 1. The van der Waals surface area contributed by atoms with Crippen molar-refractivity contribution in [2.24, 2.45) is 0 Å². The van der Waals surface area contributed by atoms with E-state index >= 15 is 0 Å². The van der Waals surface area contributed by atoms with Gasteiger partial charge in [-0.2, -0.15) is 9.97 Å². The number of carbonyl (C=O) groups excluding carboxylic acids is 1. The maximum Gasteiger partial charge on any atom is 0.320 e. The average molecular weight is 492 g/mol. The van der Waals surface area contributed by atoms with Crippen molar-refractivity contribution in [1.82, 2.24) is 19.9 Å². The highest BCUT2D eigenvalue weighted by atomic mass is 35.5. The van der Waals surface area contributed by atoms with Crippen LogP contribution in [0.1, 0.15) is 22.5 Å². The molecule has 3 aromatic rings. The number of halogens is 1. The molecule has 1 aromatic carbocycles. The molecule has 2 aromatic heterocycles. The molecule has 1 saturated heterocycles. The minimum atomic E-state index is -0.293. The number of methoxy groups -OCH3 is 2. The van der Waals surface area contributed by atoms with Crippen molar-refractivity contribution in [3.8, 4) is 11.9 Å². The third-order valence-corrected chi connectivity index (χ3v) is 6.92. The maximum atomic E-state index is 13.6. The van der Waals surface area contributed by atoms with E-state index in [1.807, 2.05) is 19.1 Å². The fourth-order valence-electron chi connectivity index (χ4n) is 3.61. The standard InChI is InChI=1S/C22H26ClN5O4S/c1-14-15(23)5-6-17-19(14)26-22(33-17)28(8-4-7-27-9-11-32-12-10-27)20(29)16-13-18(30-2)25-21(24-16)31-3/h5-6,13H,4,7-12H2,1-3H3. The van der Waals surface area contributed by atoms with E-state index in [1.54, 1.807) is 4.90 Å². The van der Waals surface area contributed by atoms with Crippen LogP contribution in [0.2, 0.25) is 5.02 Å². The zero-order valence-electron chi connectivity index (χ0n) is 18.8. The molecule has 1 fully saturated rings. The number of hydrogen-bond acceptors (Lipinski definition) is 9. The summed E-state index contributed by atoms with van der Waals surface area (Å²) in [5, 5.41) is 1.24. The number of hydrogen-bond donors (Lipinski definition) is 0. The van der Waals surface area contributed by atoms with Gasteiger partial charge in [0.2, 0.25) is 5.88 Å². The lowest BCUT2D eigenvalue weighted by molar-refractivity contribution is 0.0376. The van der Waals surface area contributed by atoms with Crippen LogP contribution in [-0.4, -0.2) is 79.4 Å². The molecule has 1 aliphatic rings. The van der Waals surface area contributed by atoms with Crippen molar-refractivity contribution in [2.75, 3.05) is 58.5 Å².